The number of rotatable bonds is 2. The first kappa shape index (κ1) is 12.8. The molecule has 0 aliphatic carbocycles. The Bertz CT molecular complexity index is 476. The standard InChI is InChI=1S/C12H15FN2O3/c1-12(2)8-18-6-5-14(12)11-4-3-9(15(16)17)7-10(11)13/h3-4,7H,5-6,8H2,1-2H3. The number of hydrogen-bond acceptors (Lipinski definition) is 4. The van der Waals surface area contributed by atoms with Crippen LogP contribution in [0.3, 0.4) is 0 Å². The van der Waals surface area contributed by atoms with Crippen molar-refractivity contribution in [3.63, 3.8) is 0 Å². The normalized spacial score (nSPS) is 18.7. The van der Waals surface area contributed by atoms with Crippen LogP contribution < -0.4 is 4.90 Å². The molecule has 0 amide bonds. The minimum Gasteiger partial charge on any atom is -0.377 e. The van der Waals surface area contributed by atoms with Crippen molar-refractivity contribution >= 4 is 11.4 Å². The van der Waals surface area contributed by atoms with E-state index in [9.17, 15) is 14.5 Å². The number of anilines is 1. The molecule has 2 rings (SSSR count). The summed E-state index contributed by atoms with van der Waals surface area (Å²) < 4.78 is 19.3. The van der Waals surface area contributed by atoms with E-state index in [2.05, 4.69) is 0 Å². The first-order chi connectivity index (χ1) is 8.42. The van der Waals surface area contributed by atoms with E-state index in [1.807, 2.05) is 18.7 Å². The molecule has 1 aromatic rings. The fourth-order valence-electron chi connectivity index (χ4n) is 2.13. The number of non-ortho nitro benzene ring substituents is 1. The summed E-state index contributed by atoms with van der Waals surface area (Å²) in [4.78, 5) is 11.9. The number of nitro groups is 1. The Morgan fingerprint density at radius 1 is 1.50 bits per heavy atom. The summed E-state index contributed by atoms with van der Waals surface area (Å²) in [6.45, 7) is 5.51. The third-order valence-corrected chi connectivity index (χ3v) is 3.08. The minimum absolute atomic E-state index is 0.234. The molecule has 6 heteroatoms. The summed E-state index contributed by atoms with van der Waals surface area (Å²) in [5, 5.41) is 10.6. The van der Waals surface area contributed by atoms with Crippen LogP contribution in [0.1, 0.15) is 13.8 Å². The van der Waals surface area contributed by atoms with Crippen LogP contribution in [0.2, 0.25) is 0 Å². The molecule has 0 spiro atoms. The van der Waals surface area contributed by atoms with Gasteiger partial charge >= 0.3 is 0 Å². The van der Waals surface area contributed by atoms with Gasteiger partial charge in [0.25, 0.3) is 5.69 Å². The molecule has 1 aliphatic heterocycles. The van der Waals surface area contributed by atoms with Crippen molar-refractivity contribution in [1.29, 1.82) is 0 Å². The number of morpholine rings is 1. The Hall–Kier alpha value is -1.69. The molecule has 98 valence electrons. The minimum atomic E-state index is -0.600. The Morgan fingerprint density at radius 3 is 2.78 bits per heavy atom. The first-order valence-electron chi connectivity index (χ1n) is 5.71. The van der Waals surface area contributed by atoms with Gasteiger partial charge in [0.15, 0.2) is 5.82 Å². The fourth-order valence-corrected chi connectivity index (χ4v) is 2.13. The molecular weight excluding hydrogens is 239 g/mol. The zero-order valence-corrected chi connectivity index (χ0v) is 10.4. The van der Waals surface area contributed by atoms with Crippen molar-refractivity contribution in [2.75, 3.05) is 24.7 Å². The van der Waals surface area contributed by atoms with Crippen molar-refractivity contribution in [1.82, 2.24) is 0 Å². The van der Waals surface area contributed by atoms with E-state index in [-0.39, 0.29) is 11.2 Å². The van der Waals surface area contributed by atoms with Gasteiger partial charge in [0.2, 0.25) is 0 Å². The monoisotopic (exact) mass is 254 g/mol. The van der Waals surface area contributed by atoms with Crippen molar-refractivity contribution < 1.29 is 14.1 Å². The van der Waals surface area contributed by atoms with Crippen LogP contribution in [-0.4, -0.2) is 30.2 Å². The second-order valence-electron chi connectivity index (χ2n) is 4.91. The SMILES string of the molecule is CC1(C)COCCN1c1ccc([N+](=O)[O-])cc1F. The highest BCUT2D eigenvalue weighted by Crippen LogP contribution is 2.31. The van der Waals surface area contributed by atoms with Crippen LogP contribution >= 0.6 is 0 Å². The lowest BCUT2D eigenvalue weighted by molar-refractivity contribution is -0.385. The van der Waals surface area contributed by atoms with Gasteiger partial charge in [0, 0.05) is 12.6 Å². The summed E-state index contributed by atoms with van der Waals surface area (Å²) in [6, 6.07) is 3.74. The molecular formula is C12H15FN2O3. The molecule has 0 aromatic heterocycles. The lowest BCUT2D eigenvalue weighted by Gasteiger charge is -2.43. The average Bonchev–Trinajstić information content (AvgIpc) is 2.29. The van der Waals surface area contributed by atoms with E-state index in [4.69, 9.17) is 4.74 Å². The van der Waals surface area contributed by atoms with Gasteiger partial charge in [-0.1, -0.05) is 0 Å². The fraction of sp³-hybridized carbons (Fsp3) is 0.500. The van der Waals surface area contributed by atoms with Gasteiger partial charge in [-0.25, -0.2) is 4.39 Å². The Kier molecular flexibility index (Phi) is 3.21. The molecule has 1 aromatic carbocycles. The van der Waals surface area contributed by atoms with E-state index in [0.717, 1.165) is 6.07 Å². The van der Waals surface area contributed by atoms with E-state index >= 15 is 0 Å². The Balaban J connectivity index is 2.36. The number of nitro benzene ring substituents is 1. The van der Waals surface area contributed by atoms with Gasteiger partial charge in [-0.05, 0) is 19.9 Å². The van der Waals surface area contributed by atoms with Crippen LogP contribution in [0.15, 0.2) is 18.2 Å². The average molecular weight is 254 g/mol. The molecule has 0 bridgehead atoms. The van der Waals surface area contributed by atoms with Crippen LogP contribution in [0, 0.1) is 15.9 Å². The second-order valence-corrected chi connectivity index (χ2v) is 4.91. The zero-order valence-electron chi connectivity index (χ0n) is 10.4. The number of ether oxygens (including phenoxy) is 1. The maximum absolute atomic E-state index is 14.0. The second kappa shape index (κ2) is 4.53. The molecule has 0 saturated carbocycles. The Labute approximate surface area is 104 Å². The summed E-state index contributed by atoms with van der Waals surface area (Å²) in [7, 11) is 0. The van der Waals surface area contributed by atoms with Gasteiger partial charge in [-0.3, -0.25) is 10.1 Å². The smallest absolute Gasteiger partial charge is 0.272 e. The maximum atomic E-state index is 14.0. The quantitative estimate of drug-likeness (QED) is 0.600. The van der Waals surface area contributed by atoms with E-state index in [1.54, 1.807) is 0 Å². The van der Waals surface area contributed by atoms with Crippen molar-refractivity contribution in [2.24, 2.45) is 0 Å². The Morgan fingerprint density at radius 2 is 2.22 bits per heavy atom. The highest BCUT2D eigenvalue weighted by Gasteiger charge is 2.32. The van der Waals surface area contributed by atoms with Crippen molar-refractivity contribution in [2.45, 2.75) is 19.4 Å². The molecule has 0 radical (unpaired) electrons. The summed E-state index contributed by atoms with van der Waals surface area (Å²) in [5.41, 5.74) is -0.175. The van der Waals surface area contributed by atoms with Gasteiger partial charge in [-0.2, -0.15) is 0 Å². The molecule has 1 saturated heterocycles. The van der Waals surface area contributed by atoms with Gasteiger partial charge < -0.3 is 9.64 Å². The van der Waals surface area contributed by atoms with Gasteiger partial charge in [0.1, 0.15) is 0 Å². The third-order valence-electron chi connectivity index (χ3n) is 3.08. The maximum Gasteiger partial charge on any atom is 0.272 e. The number of hydrogen-bond donors (Lipinski definition) is 0. The first-order valence-corrected chi connectivity index (χ1v) is 5.71. The summed E-state index contributed by atoms with van der Waals surface area (Å²) in [6.07, 6.45) is 0. The van der Waals surface area contributed by atoms with Crippen LogP contribution in [0.4, 0.5) is 15.8 Å². The molecule has 1 heterocycles. The topological polar surface area (TPSA) is 55.6 Å². The molecule has 1 aliphatic rings. The predicted molar refractivity (Wildman–Crippen MR) is 65.3 cm³/mol. The molecule has 0 unspecified atom stereocenters. The number of nitrogens with zero attached hydrogens (tertiary/aromatic N) is 2. The molecule has 18 heavy (non-hydrogen) atoms. The van der Waals surface area contributed by atoms with Gasteiger partial charge in [-0.15, -0.1) is 0 Å². The highest BCUT2D eigenvalue weighted by molar-refractivity contribution is 5.54. The lowest BCUT2D eigenvalue weighted by Crippen LogP contribution is -2.53. The third kappa shape index (κ3) is 2.28. The van der Waals surface area contributed by atoms with Crippen LogP contribution in [0.25, 0.3) is 0 Å². The van der Waals surface area contributed by atoms with Gasteiger partial charge in [0.05, 0.1) is 35.4 Å². The molecule has 5 nitrogen and oxygen atoms in total. The summed E-state index contributed by atoms with van der Waals surface area (Å²) in [5.74, 6) is -0.570. The number of halogens is 1. The highest BCUT2D eigenvalue weighted by atomic mass is 19.1. The van der Waals surface area contributed by atoms with Crippen molar-refractivity contribution in [3.8, 4) is 0 Å². The van der Waals surface area contributed by atoms with E-state index < -0.39 is 10.7 Å². The van der Waals surface area contributed by atoms with Crippen molar-refractivity contribution in [3.05, 3.63) is 34.1 Å². The van der Waals surface area contributed by atoms with E-state index in [0.29, 0.717) is 25.4 Å². The van der Waals surface area contributed by atoms with E-state index in [1.165, 1.54) is 12.1 Å². The molecule has 0 N–H and O–H groups in total. The predicted octanol–water partition coefficient (Wildman–Crippen LogP) is 2.35. The zero-order chi connectivity index (χ0) is 13.3. The lowest BCUT2D eigenvalue weighted by atomic mass is 10.0. The largest absolute Gasteiger partial charge is 0.377 e. The summed E-state index contributed by atoms with van der Waals surface area (Å²) >= 11 is 0. The van der Waals surface area contributed by atoms with Crippen LogP contribution in [0.5, 0.6) is 0 Å². The van der Waals surface area contributed by atoms with Crippen LogP contribution in [-0.2, 0) is 4.74 Å². The number of benzene rings is 1. The molecule has 0 atom stereocenters. The molecule has 1 fully saturated rings.